The lowest BCUT2D eigenvalue weighted by Gasteiger charge is -2.12. The van der Waals surface area contributed by atoms with E-state index >= 15 is 0 Å². The van der Waals surface area contributed by atoms with Gasteiger partial charge in [-0.3, -0.25) is 9.59 Å². The van der Waals surface area contributed by atoms with Crippen LogP contribution in [0, 0.1) is 5.92 Å². The minimum absolute atomic E-state index is 0.0617. The second kappa shape index (κ2) is 5.87. The first-order chi connectivity index (χ1) is 9.04. The Balaban J connectivity index is 1.84. The summed E-state index contributed by atoms with van der Waals surface area (Å²) in [6, 6.07) is 7.65. The van der Waals surface area contributed by atoms with Crippen LogP contribution in [0.15, 0.2) is 24.3 Å². The first-order valence-corrected chi connectivity index (χ1v) is 6.70. The zero-order chi connectivity index (χ0) is 13.8. The van der Waals surface area contributed by atoms with E-state index in [0.29, 0.717) is 12.3 Å². The van der Waals surface area contributed by atoms with Crippen LogP contribution in [0.5, 0.6) is 0 Å². The lowest BCUT2D eigenvalue weighted by Crippen LogP contribution is -2.35. The van der Waals surface area contributed by atoms with E-state index in [-0.39, 0.29) is 17.9 Å². The number of hydrogen-bond donors (Lipinski definition) is 2. The molecule has 19 heavy (non-hydrogen) atoms. The van der Waals surface area contributed by atoms with Gasteiger partial charge < -0.3 is 10.6 Å². The Morgan fingerprint density at radius 1 is 1.26 bits per heavy atom. The number of carbonyl (C=O) groups is 2. The average molecular weight is 260 g/mol. The van der Waals surface area contributed by atoms with Crippen molar-refractivity contribution in [3.05, 3.63) is 29.8 Å². The van der Waals surface area contributed by atoms with E-state index in [1.807, 2.05) is 24.3 Å². The van der Waals surface area contributed by atoms with E-state index in [1.165, 1.54) is 19.8 Å². The van der Waals surface area contributed by atoms with Gasteiger partial charge in [-0.2, -0.15) is 0 Å². The summed E-state index contributed by atoms with van der Waals surface area (Å²) in [5.41, 5.74) is 1.71. The molecule has 0 heterocycles. The van der Waals surface area contributed by atoms with Crippen molar-refractivity contribution in [3.8, 4) is 0 Å². The zero-order valence-corrected chi connectivity index (χ0v) is 11.4. The van der Waals surface area contributed by atoms with E-state index in [2.05, 4.69) is 17.6 Å². The van der Waals surface area contributed by atoms with Crippen LogP contribution in [0.2, 0.25) is 0 Å². The summed E-state index contributed by atoms with van der Waals surface area (Å²) in [5.74, 6) is 0.640. The van der Waals surface area contributed by atoms with Gasteiger partial charge in [0.15, 0.2) is 0 Å². The molecule has 0 unspecified atom stereocenters. The summed E-state index contributed by atoms with van der Waals surface area (Å²) >= 11 is 0. The highest BCUT2D eigenvalue weighted by Crippen LogP contribution is 2.32. The Kier molecular flexibility index (Phi) is 4.20. The molecule has 0 aliphatic heterocycles. The van der Waals surface area contributed by atoms with Crippen LogP contribution in [0.3, 0.4) is 0 Å². The lowest BCUT2D eigenvalue weighted by molar-refractivity contribution is -0.121. The second-order valence-electron chi connectivity index (χ2n) is 5.25. The third kappa shape index (κ3) is 4.39. The number of nitrogens with one attached hydrogen (secondary N) is 2. The van der Waals surface area contributed by atoms with Gasteiger partial charge in [-0.05, 0) is 43.4 Å². The summed E-state index contributed by atoms with van der Waals surface area (Å²) in [4.78, 5) is 22.7. The van der Waals surface area contributed by atoms with E-state index < -0.39 is 0 Å². The molecule has 2 amide bonds. The summed E-state index contributed by atoms with van der Waals surface area (Å²) in [5, 5.41) is 5.73. The van der Waals surface area contributed by atoms with Gasteiger partial charge in [0.25, 0.3) is 0 Å². The van der Waals surface area contributed by atoms with Crippen molar-refractivity contribution < 1.29 is 9.59 Å². The van der Waals surface area contributed by atoms with Crippen molar-refractivity contribution in [2.75, 3.05) is 5.32 Å². The molecular formula is C15H20N2O2. The first-order valence-electron chi connectivity index (χ1n) is 6.70. The predicted molar refractivity (Wildman–Crippen MR) is 74.8 cm³/mol. The average Bonchev–Trinajstić information content (AvgIpc) is 3.14. The predicted octanol–water partition coefficient (Wildman–Crippen LogP) is 2.10. The van der Waals surface area contributed by atoms with Crippen LogP contribution in [0.25, 0.3) is 0 Å². The SMILES string of the molecule is CC(=O)Nc1ccc(CC(=O)N[C@H](C)C2CC2)cc1. The molecule has 1 saturated carbocycles. The van der Waals surface area contributed by atoms with Crippen LogP contribution in [0.4, 0.5) is 5.69 Å². The number of carbonyl (C=O) groups excluding carboxylic acids is 2. The molecule has 1 aromatic rings. The quantitative estimate of drug-likeness (QED) is 0.851. The second-order valence-corrected chi connectivity index (χ2v) is 5.25. The standard InChI is InChI=1S/C15H20N2O2/c1-10(13-5-6-13)16-15(19)9-12-3-7-14(8-4-12)17-11(2)18/h3-4,7-8,10,13H,5-6,9H2,1-2H3,(H,16,19)(H,17,18)/t10-/m1/s1. The smallest absolute Gasteiger partial charge is 0.224 e. The van der Waals surface area contributed by atoms with E-state index in [1.54, 1.807) is 0 Å². The van der Waals surface area contributed by atoms with Crippen molar-refractivity contribution in [2.45, 2.75) is 39.2 Å². The van der Waals surface area contributed by atoms with E-state index in [0.717, 1.165) is 11.3 Å². The normalized spacial score (nSPS) is 15.7. The molecule has 0 spiro atoms. The van der Waals surface area contributed by atoms with Gasteiger partial charge in [0.2, 0.25) is 11.8 Å². The molecule has 0 aromatic heterocycles. The monoisotopic (exact) mass is 260 g/mol. The molecule has 1 aliphatic rings. The van der Waals surface area contributed by atoms with Gasteiger partial charge in [-0.1, -0.05) is 12.1 Å². The molecule has 1 fully saturated rings. The Morgan fingerprint density at radius 3 is 2.42 bits per heavy atom. The molecule has 4 nitrogen and oxygen atoms in total. The Bertz CT molecular complexity index is 464. The molecule has 4 heteroatoms. The molecule has 1 aromatic carbocycles. The summed E-state index contributed by atoms with van der Waals surface area (Å²) in [6.07, 6.45) is 2.84. The summed E-state index contributed by atoms with van der Waals surface area (Å²) in [7, 11) is 0. The Morgan fingerprint density at radius 2 is 1.89 bits per heavy atom. The van der Waals surface area contributed by atoms with Gasteiger partial charge >= 0.3 is 0 Å². The number of anilines is 1. The topological polar surface area (TPSA) is 58.2 Å². The van der Waals surface area contributed by atoms with Crippen molar-refractivity contribution in [1.82, 2.24) is 5.32 Å². The number of hydrogen-bond acceptors (Lipinski definition) is 2. The maximum atomic E-state index is 11.8. The first kappa shape index (κ1) is 13.6. The highest BCUT2D eigenvalue weighted by molar-refractivity contribution is 5.88. The molecule has 2 N–H and O–H groups in total. The largest absolute Gasteiger partial charge is 0.353 e. The number of rotatable bonds is 5. The number of benzene rings is 1. The van der Waals surface area contributed by atoms with Crippen LogP contribution in [0.1, 0.15) is 32.3 Å². The van der Waals surface area contributed by atoms with Gasteiger partial charge in [-0.25, -0.2) is 0 Å². The van der Waals surface area contributed by atoms with E-state index in [4.69, 9.17) is 0 Å². The van der Waals surface area contributed by atoms with Crippen molar-refractivity contribution in [1.29, 1.82) is 0 Å². The fourth-order valence-electron chi connectivity index (χ4n) is 2.11. The van der Waals surface area contributed by atoms with Crippen molar-refractivity contribution in [2.24, 2.45) is 5.92 Å². The van der Waals surface area contributed by atoms with Crippen LogP contribution in [-0.2, 0) is 16.0 Å². The maximum Gasteiger partial charge on any atom is 0.224 e. The molecule has 102 valence electrons. The summed E-state index contributed by atoms with van der Waals surface area (Å²) in [6.45, 7) is 3.54. The molecule has 1 atom stereocenters. The molecule has 0 saturated heterocycles. The zero-order valence-electron chi connectivity index (χ0n) is 11.4. The third-order valence-electron chi connectivity index (χ3n) is 3.36. The Hall–Kier alpha value is -1.84. The van der Waals surface area contributed by atoms with E-state index in [9.17, 15) is 9.59 Å². The van der Waals surface area contributed by atoms with Crippen LogP contribution in [-0.4, -0.2) is 17.9 Å². The van der Waals surface area contributed by atoms with Crippen molar-refractivity contribution >= 4 is 17.5 Å². The fourth-order valence-corrected chi connectivity index (χ4v) is 2.11. The van der Waals surface area contributed by atoms with Gasteiger partial charge in [0.1, 0.15) is 0 Å². The van der Waals surface area contributed by atoms with Crippen LogP contribution >= 0.6 is 0 Å². The van der Waals surface area contributed by atoms with Crippen molar-refractivity contribution in [3.63, 3.8) is 0 Å². The van der Waals surface area contributed by atoms with Gasteiger partial charge in [0, 0.05) is 18.7 Å². The molecule has 2 rings (SSSR count). The summed E-state index contributed by atoms with van der Waals surface area (Å²) < 4.78 is 0. The van der Waals surface area contributed by atoms with Gasteiger partial charge in [-0.15, -0.1) is 0 Å². The third-order valence-corrected chi connectivity index (χ3v) is 3.36. The Labute approximate surface area is 113 Å². The molecular weight excluding hydrogens is 240 g/mol. The minimum atomic E-state index is -0.0937. The lowest BCUT2D eigenvalue weighted by atomic mass is 10.1. The maximum absolute atomic E-state index is 11.8. The van der Waals surface area contributed by atoms with Gasteiger partial charge in [0.05, 0.1) is 6.42 Å². The fraction of sp³-hybridized carbons (Fsp3) is 0.467. The highest BCUT2D eigenvalue weighted by Gasteiger charge is 2.28. The molecule has 0 radical (unpaired) electrons. The van der Waals surface area contributed by atoms with Crippen LogP contribution < -0.4 is 10.6 Å². The number of amides is 2. The molecule has 1 aliphatic carbocycles. The minimum Gasteiger partial charge on any atom is -0.353 e. The highest BCUT2D eigenvalue weighted by atomic mass is 16.2. The molecule has 0 bridgehead atoms.